The van der Waals surface area contributed by atoms with Crippen LogP contribution in [0, 0.1) is 0 Å². The molecule has 1 aromatic rings. The Balaban J connectivity index is 2.84. The van der Waals surface area contributed by atoms with E-state index in [1.165, 1.54) is 18.3 Å². The van der Waals surface area contributed by atoms with Crippen LogP contribution >= 0.6 is 11.6 Å². The van der Waals surface area contributed by atoms with E-state index in [4.69, 9.17) is 21.1 Å². The smallest absolute Gasteiger partial charge is 0.340 e. The van der Waals surface area contributed by atoms with Gasteiger partial charge in [0.1, 0.15) is 5.69 Å². The molecule has 1 amide bonds. The summed E-state index contributed by atoms with van der Waals surface area (Å²) in [6.07, 6.45) is 1.28. The highest BCUT2D eigenvalue weighted by Gasteiger charge is 2.31. The number of hydrogen-bond donors (Lipinski definition) is 1. The van der Waals surface area contributed by atoms with Crippen LogP contribution in [0.25, 0.3) is 0 Å². The number of nitrogens with one attached hydrogen (secondary N) is 1. The predicted molar refractivity (Wildman–Crippen MR) is 73.8 cm³/mol. The molecule has 0 unspecified atom stereocenters. The molecule has 1 rings (SSSR count). The zero-order valence-corrected chi connectivity index (χ0v) is 12.3. The predicted octanol–water partition coefficient (Wildman–Crippen LogP) is 0.960. The van der Waals surface area contributed by atoms with E-state index >= 15 is 0 Å². The first kappa shape index (κ1) is 16.9. The maximum atomic E-state index is 12.0. The van der Waals surface area contributed by atoms with E-state index in [2.05, 4.69) is 10.3 Å². The van der Waals surface area contributed by atoms with E-state index < -0.39 is 23.9 Å². The molecule has 0 saturated carbocycles. The van der Waals surface area contributed by atoms with Crippen LogP contribution < -0.4 is 5.32 Å². The van der Waals surface area contributed by atoms with Gasteiger partial charge in [-0.25, -0.2) is 14.6 Å². The fourth-order valence-electron chi connectivity index (χ4n) is 1.38. The largest absolute Gasteiger partial charge is 0.464 e. The van der Waals surface area contributed by atoms with Gasteiger partial charge in [0.25, 0.3) is 5.91 Å². The Bertz CT molecular complexity index is 500. The van der Waals surface area contributed by atoms with Gasteiger partial charge in [0.05, 0.1) is 18.2 Å². The number of amides is 1. The number of esters is 2. The number of carbonyl (C=O) groups is 3. The van der Waals surface area contributed by atoms with Crippen molar-refractivity contribution in [3.8, 4) is 0 Å². The molecule has 0 aliphatic rings. The van der Waals surface area contributed by atoms with Crippen LogP contribution in [0.3, 0.4) is 0 Å². The van der Waals surface area contributed by atoms with Crippen molar-refractivity contribution in [2.75, 3.05) is 13.2 Å². The first-order chi connectivity index (χ1) is 9.99. The van der Waals surface area contributed by atoms with Crippen molar-refractivity contribution in [3.63, 3.8) is 0 Å². The molecular formula is C13H15ClN2O5. The summed E-state index contributed by atoms with van der Waals surface area (Å²) < 4.78 is 9.46. The molecule has 7 nitrogen and oxygen atoms in total. The van der Waals surface area contributed by atoms with Gasteiger partial charge in [-0.05, 0) is 26.0 Å². The van der Waals surface area contributed by atoms with Crippen molar-refractivity contribution < 1.29 is 23.9 Å². The molecule has 1 aromatic heterocycles. The monoisotopic (exact) mass is 314 g/mol. The standard InChI is InChI=1S/C13H15ClN2O5/c1-3-20-12(18)10(13(19)21-4-2)16-11(17)9-6-5-8(14)7-15-9/h5-7,10H,3-4H2,1-2H3,(H,16,17). The van der Waals surface area contributed by atoms with Crippen molar-refractivity contribution in [1.82, 2.24) is 10.3 Å². The third kappa shape index (κ3) is 5.03. The van der Waals surface area contributed by atoms with Crippen LogP contribution in [-0.4, -0.2) is 42.1 Å². The van der Waals surface area contributed by atoms with Gasteiger partial charge in [-0.1, -0.05) is 11.6 Å². The Morgan fingerprint density at radius 2 is 1.76 bits per heavy atom. The molecule has 0 aromatic carbocycles. The summed E-state index contributed by atoms with van der Waals surface area (Å²) in [6, 6.07) is 1.30. The maximum Gasteiger partial charge on any atom is 0.340 e. The molecule has 0 radical (unpaired) electrons. The Morgan fingerprint density at radius 1 is 1.19 bits per heavy atom. The number of hydrogen-bond acceptors (Lipinski definition) is 6. The molecule has 0 atom stereocenters. The molecule has 8 heteroatoms. The van der Waals surface area contributed by atoms with E-state index in [1.54, 1.807) is 13.8 Å². The normalized spacial score (nSPS) is 10.1. The first-order valence-electron chi connectivity index (χ1n) is 6.25. The number of rotatable bonds is 6. The second-order valence-corrected chi connectivity index (χ2v) is 4.21. The lowest BCUT2D eigenvalue weighted by atomic mass is 10.2. The van der Waals surface area contributed by atoms with Gasteiger partial charge in [-0.2, -0.15) is 0 Å². The summed E-state index contributed by atoms with van der Waals surface area (Å²) in [4.78, 5) is 39.1. The zero-order valence-electron chi connectivity index (χ0n) is 11.6. The third-order valence-corrected chi connectivity index (χ3v) is 2.50. The van der Waals surface area contributed by atoms with Crippen molar-refractivity contribution in [3.05, 3.63) is 29.0 Å². The number of halogens is 1. The van der Waals surface area contributed by atoms with Gasteiger partial charge in [0.15, 0.2) is 0 Å². The molecule has 21 heavy (non-hydrogen) atoms. The average molecular weight is 315 g/mol. The van der Waals surface area contributed by atoms with Crippen LogP contribution in [0.2, 0.25) is 5.02 Å². The average Bonchev–Trinajstić information content (AvgIpc) is 2.45. The highest BCUT2D eigenvalue weighted by atomic mass is 35.5. The van der Waals surface area contributed by atoms with Crippen LogP contribution in [0.4, 0.5) is 0 Å². The maximum absolute atomic E-state index is 12.0. The molecule has 0 spiro atoms. The summed E-state index contributed by atoms with van der Waals surface area (Å²) in [5, 5.41) is 2.59. The van der Waals surface area contributed by atoms with Gasteiger partial charge >= 0.3 is 11.9 Å². The Morgan fingerprint density at radius 3 is 2.19 bits per heavy atom. The van der Waals surface area contributed by atoms with Crippen LogP contribution in [0.15, 0.2) is 18.3 Å². The number of carbonyl (C=O) groups excluding carboxylic acids is 3. The fourth-order valence-corrected chi connectivity index (χ4v) is 1.49. The Kier molecular flexibility index (Phi) is 6.61. The highest BCUT2D eigenvalue weighted by Crippen LogP contribution is 2.06. The van der Waals surface area contributed by atoms with E-state index in [0.717, 1.165) is 0 Å². The molecule has 114 valence electrons. The summed E-state index contributed by atoms with van der Waals surface area (Å²) in [6.45, 7) is 3.32. The lowest BCUT2D eigenvalue weighted by Gasteiger charge is -2.15. The van der Waals surface area contributed by atoms with Gasteiger partial charge in [-0.3, -0.25) is 4.79 Å². The molecule has 0 fully saturated rings. The van der Waals surface area contributed by atoms with E-state index in [9.17, 15) is 14.4 Å². The molecular weight excluding hydrogens is 300 g/mol. The van der Waals surface area contributed by atoms with Crippen molar-refractivity contribution in [1.29, 1.82) is 0 Å². The van der Waals surface area contributed by atoms with Crippen LogP contribution in [0.1, 0.15) is 24.3 Å². The second-order valence-electron chi connectivity index (χ2n) is 3.77. The van der Waals surface area contributed by atoms with Crippen molar-refractivity contribution >= 4 is 29.4 Å². The highest BCUT2D eigenvalue weighted by molar-refractivity contribution is 6.30. The lowest BCUT2D eigenvalue weighted by Crippen LogP contribution is -2.48. The molecule has 0 aliphatic heterocycles. The quantitative estimate of drug-likeness (QED) is 0.621. The molecule has 1 heterocycles. The number of pyridine rings is 1. The van der Waals surface area contributed by atoms with Crippen LogP contribution in [0.5, 0.6) is 0 Å². The molecule has 1 N–H and O–H groups in total. The number of nitrogens with zero attached hydrogens (tertiary/aromatic N) is 1. The van der Waals surface area contributed by atoms with Gasteiger partial charge in [-0.15, -0.1) is 0 Å². The van der Waals surface area contributed by atoms with E-state index in [0.29, 0.717) is 5.02 Å². The first-order valence-corrected chi connectivity index (χ1v) is 6.63. The number of aromatic nitrogens is 1. The van der Waals surface area contributed by atoms with Gasteiger partial charge in [0.2, 0.25) is 6.04 Å². The minimum atomic E-state index is -1.53. The Labute approximate surface area is 126 Å². The fraction of sp³-hybridized carbons (Fsp3) is 0.385. The summed E-state index contributed by atoms with van der Waals surface area (Å²) in [7, 11) is 0. The topological polar surface area (TPSA) is 94.6 Å². The van der Waals surface area contributed by atoms with Crippen LogP contribution in [-0.2, 0) is 19.1 Å². The summed E-state index contributed by atoms with van der Waals surface area (Å²) >= 11 is 5.66. The van der Waals surface area contributed by atoms with Crippen molar-refractivity contribution in [2.45, 2.75) is 19.9 Å². The van der Waals surface area contributed by atoms with Gasteiger partial charge in [0, 0.05) is 6.20 Å². The minimum absolute atomic E-state index is 0.0120. The van der Waals surface area contributed by atoms with E-state index in [1.807, 2.05) is 0 Å². The summed E-state index contributed by atoms with van der Waals surface area (Å²) in [5.74, 6) is -2.49. The Hall–Kier alpha value is -2.15. The second kappa shape index (κ2) is 8.21. The van der Waals surface area contributed by atoms with Gasteiger partial charge < -0.3 is 14.8 Å². The van der Waals surface area contributed by atoms with E-state index in [-0.39, 0.29) is 18.9 Å². The molecule has 0 bridgehead atoms. The zero-order chi connectivity index (χ0) is 15.8. The molecule has 0 aliphatic carbocycles. The molecule has 0 saturated heterocycles. The van der Waals surface area contributed by atoms with Crippen molar-refractivity contribution in [2.24, 2.45) is 0 Å². The minimum Gasteiger partial charge on any atom is -0.464 e. The number of ether oxygens (including phenoxy) is 2. The summed E-state index contributed by atoms with van der Waals surface area (Å²) in [5.41, 5.74) is 0.0120. The SMILES string of the molecule is CCOC(=O)C(NC(=O)c1ccc(Cl)cn1)C(=O)OCC. The lowest BCUT2D eigenvalue weighted by molar-refractivity contribution is -0.157. The third-order valence-electron chi connectivity index (χ3n) is 2.28.